The predicted octanol–water partition coefficient (Wildman–Crippen LogP) is 3.69. The van der Waals surface area contributed by atoms with Gasteiger partial charge >= 0.3 is 0 Å². The Bertz CT molecular complexity index is 813. The maximum atomic E-state index is 12.8. The standard InChI is InChI=1S/C23H31N3O3/c1-17-4-2-5-19(14-17)15-22(27)26-11-3-6-18(16-26)7-8-21-24-23(29-25-21)20-9-12-28-13-10-20/h2,4-5,14,18,20H,3,6-13,15-16H2,1H3. The first-order chi connectivity index (χ1) is 14.2. The monoisotopic (exact) mass is 397 g/mol. The predicted molar refractivity (Wildman–Crippen MR) is 110 cm³/mol. The molecular formula is C23H31N3O3. The highest BCUT2D eigenvalue weighted by atomic mass is 16.5. The summed E-state index contributed by atoms with van der Waals surface area (Å²) in [6, 6.07) is 8.23. The van der Waals surface area contributed by atoms with Crippen LogP contribution in [0.15, 0.2) is 28.8 Å². The van der Waals surface area contributed by atoms with E-state index in [1.807, 2.05) is 17.0 Å². The van der Waals surface area contributed by atoms with Gasteiger partial charge in [-0.25, -0.2) is 0 Å². The van der Waals surface area contributed by atoms with E-state index in [0.29, 0.717) is 18.3 Å². The van der Waals surface area contributed by atoms with Gasteiger partial charge in [0.2, 0.25) is 11.8 Å². The van der Waals surface area contributed by atoms with Gasteiger partial charge in [0.25, 0.3) is 0 Å². The van der Waals surface area contributed by atoms with Gasteiger partial charge in [0, 0.05) is 38.6 Å². The molecule has 1 aromatic carbocycles. The van der Waals surface area contributed by atoms with E-state index < -0.39 is 0 Å². The summed E-state index contributed by atoms with van der Waals surface area (Å²) in [5.74, 6) is 2.66. The number of benzene rings is 1. The normalized spacial score (nSPS) is 20.7. The minimum Gasteiger partial charge on any atom is -0.381 e. The smallest absolute Gasteiger partial charge is 0.229 e. The highest BCUT2D eigenvalue weighted by Gasteiger charge is 2.25. The highest BCUT2D eigenvalue weighted by Crippen LogP contribution is 2.26. The number of hydrogen-bond acceptors (Lipinski definition) is 5. The fourth-order valence-electron chi connectivity index (χ4n) is 4.45. The van der Waals surface area contributed by atoms with Crippen molar-refractivity contribution in [3.63, 3.8) is 0 Å². The Morgan fingerprint density at radius 3 is 2.93 bits per heavy atom. The van der Waals surface area contributed by atoms with E-state index >= 15 is 0 Å². The van der Waals surface area contributed by atoms with Crippen LogP contribution in [0, 0.1) is 12.8 Å². The molecule has 2 saturated heterocycles. The molecule has 2 fully saturated rings. The maximum absolute atomic E-state index is 12.8. The van der Waals surface area contributed by atoms with Gasteiger partial charge in [0.05, 0.1) is 6.42 Å². The number of likely N-dealkylation sites (tertiary alicyclic amines) is 1. The number of aromatic nitrogens is 2. The number of amides is 1. The average Bonchev–Trinajstić information content (AvgIpc) is 3.22. The quantitative estimate of drug-likeness (QED) is 0.744. The second kappa shape index (κ2) is 9.53. The van der Waals surface area contributed by atoms with Gasteiger partial charge in [-0.05, 0) is 50.5 Å². The zero-order valence-electron chi connectivity index (χ0n) is 17.3. The van der Waals surface area contributed by atoms with Crippen molar-refractivity contribution in [1.29, 1.82) is 0 Å². The third-order valence-corrected chi connectivity index (χ3v) is 6.14. The molecule has 1 unspecified atom stereocenters. The Hall–Kier alpha value is -2.21. The topological polar surface area (TPSA) is 68.5 Å². The van der Waals surface area contributed by atoms with Crippen LogP contribution in [0.1, 0.15) is 60.9 Å². The van der Waals surface area contributed by atoms with Crippen molar-refractivity contribution in [1.82, 2.24) is 15.0 Å². The van der Waals surface area contributed by atoms with Crippen molar-refractivity contribution < 1.29 is 14.1 Å². The Morgan fingerprint density at radius 2 is 2.10 bits per heavy atom. The molecule has 156 valence electrons. The molecule has 3 heterocycles. The van der Waals surface area contributed by atoms with Gasteiger partial charge in [-0.3, -0.25) is 4.79 Å². The van der Waals surface area contributed by atoms with Gasteiger partial charge in [-0.1, -0.05) is 35.0 Å². The minimum absolute atomic E-state index is 0.238. The molecule has 0 saturated carbocycles. The van der Waals surface area contributed by atoms with Crippen LogP contribution >= 0.6 is 0 Å². The summed E-state index contributed by atoms with van der Waals surface area (Å²) in [4.78, 5) is 19.4. The molecule has 1 amide bonds. The molecule has 1 atom stereocenters. The number of rotatable bonds is 6. The van der Waals surface area contributed by atoms with Crippen molar-refractivity contribution in [2.45, 2.75) is 57.8 Å². The van der Waals surface area contributed by atoms with Crippen LogP contribution in [0.4, 0.5) is 0 Å². The number of aryl methyl sites for hydroxylation is 2. The van der Waals surface area contributed by atoms with Gasteiger partial charge in [-0.15, -0.1) is 0 Å². The molecule has 29 heavy (non-hydrogen) atoms. The van der Waals surface area contributed by atoms with Crippen LogP contribution < -0.4 is 0 Å². The lowest BCUT2D eigenvalue weighted by Crippen LogP contribution is -2.40. The fraction of sp³-hybridized carbons (Fsp3) is 0.609. The van der Waals surface area contributed by atoms with Crippen molar-refractivity contribution in [2.24, 2.45) is 5.92 Å². The molecule has 0 N–H and O–H groups in total. The van der Waals surface area contributed by atoms with Gasteiger partial charge in [0.1, 0.15) is 0 Å². The average molecular weight is 398 g/mol. The van der Waals surface area contributed by atoms with Crippen LogP contribution in [0.2, 0.25) is 0 Å². The second-order valence-corrected chi connectivity index (χ2v) is 8.49. The molecule has 2 aliphatic heterocycles. The van der Waals surface area contributed by atoms with E-state index in [1.165, 1.54) is 12.0 Å². The largest absolute Gasteiger partial charge is 0.381 e. The highest BCUT2D eigenvalue weighted by molar-refractivity contribution is 5.78. The third-order valence-electron chi connectivity index (χ3n) is 6.14. The Morgan fingerprint density at radius 1 is 1.24 bits per heavy atom. The van der Waals surface area contributed by atoms with Crippen LogP contribution in [-0.4, -0.2) is 47.3 Å². The zero-order valence-corrected chi connectivity index (χ0v) is 17.3. The molecule has 6 heteroatoms. The molecule has 0 aliphatic carbocycles. The first kappa shape index (κ1) is 20.1. The molecule has 2 aromatic rings. The van der Waals surface area contributed by atoms with E-state index in [4.69, 9.17) is 9.26 Å². The maximum Gasteiger partial charge on any atom is 0.229 e. The van der Waals surface area contributed by atoms with E-state index in [0.717, 1.165) is 75.7 Å². The molecule has 0 radical (unpaired) electrons. The number of ether oxygens (including phenoxy) is 1. The van der Waals surface area contributed by atoms with Gasteiger partial charge < -0.3 is 14.2 Å². The first-order valence-corrected chi connectivity index (χ1v) is 10.9. The van der Waals surface area contributed by atoms with Crippen LogP contribution in [0.5, 0.6) is 0 Å². The summed E-state index contributed by atoms with van der Waals surface area (Å²) in [7, 11) is 0. The summed E-state index contributed by atoms with van der Waals surface area (Å²) < 4.78 is 10.9. The molecule has 0 bridgehead atoms. The van der Waals surface area contributed by atoms with E-state index in [1.54, 1.807) is 0 Å². The molecule has 6 nitrogen and oxygen atoms in total. The summed E-state index contributed by atoms with van der Waals surface area (Å²) >= 11 is 0. The molecule has 2 aliphatic rings. The molecule has 1 aromatic heterocycles. The summed E-state index contributed by atoms with van der Waals surface area (Å²) in [5, 5.41) is 4.19. The van der Waals surface area contributed by atoms with Crippen LogP contribution in [-0.2, 0) is 22.4 Å². The third kappa shape index (κ3) is 5.44. The van der Waals surface area contributed by atoms with E-state index in [2.05, 4.69) is 29.2 Å². The van der Waals surface area contributed by atoms with E-state index in [9.17, 15) is 4.79 Å². The number of carbonyl (C=O) groups is 1. The van der Waals surface area contributed by atoms with Gasteiger partial charge in [-0.2, -0.15) is 4.98 Å². The van der Waals surface area contributed by atoms with Gasteiger partial charge in [0.15, 0.2) is 5.82 Å². The second-order valence-electron chi connectivity index (χ2n) is 8.49. The number of piperidine rings is 1. The van der Waals surface area contributed by atoms with Crippen molar-refractivity contribution in [3.05, 3.63) is 47.1 Å². The fourth-order valence-corrected chi connectivity index (χ4v) is 4.45. The lowest BCUT2D eigenvalue weighted by molar-refractivity contribution is -0.132. The van der Waals surface area contributed by atoms with Crippen LogP contribution in [0.3, 0.4) is 0 Å². The summed E-state index contributed by atoms with van der Waals surface area (Å²) in [6.07, 6.45) is 6.47. The lowest BCUT2D eigenvalue weighted by Gasteiger charge is -2.33. The first-order valence-electron chi connectivity index (χ1n) is 10.9. The Labute approximate surface area is 172 Å². The van der Waals surface area contributed by atoms with E-state index in [-0.39, 0.29) is 5.91 Å². The SMILES string of the molecule is Cc1cccc(CC(=O)N2CCCC(CCc3noc(C4CCOCC4)n3)C2)c1. The number of carbonyl (C=O) groups excluding carboxylic acids is 1. The minimum atomic E-state index is 0.238. The van der Waals surface area contributed by atoms with Crippen LogP contribution in [0.25, 0.3) is 0 Å². The summed E-state index contributed by atoms with van der Waals surface area (Å²) in [5.41, 5.74) is 2.30. The number of nitrogens with zero attached hydrogens (tertiary/aromatic N) is 3. The Balaban J connectivity index is 1.26. The van der Waals surface area contributed by atoms with Crippen molar-refractivity contribution in [2.75, 3.05) is 26.3 Å². The lowest BCUT2D eigenvalue weighted by atomic mass is 9.93. The number of hydrogen-bond donors (Lipinski definition) is 0. The van der Waals surface area contributed by atoms with Crippen molar-refractivity contribution >= 4 is 5.91 Å². The Kier molecular flexibility index (Phi) is 6.60. The molecule has 0 spiro atoms. The van der Waals surface area contributed by atoms with Crippen molar-refractivity contribution in [3.8, 4) is 0 Å². The molecular weight excluding hydrogens is 366 g/mol. The summed E-state index contributed by atoms with van der Waals surface area (Å²) in [6.45, 7) is 5.33. The molecule has 4 rings (SSSR count). The zero-order chi connectivity index (χ0) is 20.1.